The molecule has 1 saturated heterocycles. The Labute approximate surface area is 160 Å². The Morgan fingerprint density at radius 1 is 1.11 bits per heavy atom. The first-order valence-corrected chi connectivity index (χ1v) is 11.0. The molecule has 1 aromatic heterocycles. The van der Waals surface area contributed by atoms with Gasteiger partial charge in [0.15, 0.2) is 0 Å². The Hall–Kier alpha value is -1.99. The molecule has 1 aliphatic heterocycles. The van der Waals surface area contributed by atoms with Gasteiger partial charge in [0.25, 0.3) is 0 Å². The van der Waals surface area contributed by atoms with Gasteiger partial charge < -0.3 is 4.74 Å². The zero-order valence-corrected chi connectivity index (χ0v) is 16.4. The standard InChI is InChI=1S/C20H25N3O3S/c1-15-3-2-4-18(11-15)27(24,25)23-9-7-16(8-10-23)13-26-20-12-19(17-5-6-17)21-14-22-20/h2-4,11-12,14,16-17H,5-10,13H2,1H3. The largest absolute Gasteiger partial charge is 0.477 e. The van der Waals surface area contributed by atoms with Crippen molar-refractivity contribution in [2.75, 3.05) is 19.7 Å². The van der Waals surface area contributed by atoms with Gasteiger partial charge in [-0.15, -0.1) is 0 Å². The number of aryl methyl sites for hydroxylation is 1. The summed E-state index contributed by atoms with van der Waals surface area (Å²) in [7, 11) is -3.41. The highest BCUT2D eigenvalue weighted by atomic mass is 32.2. The fourth-order valence-corrected chi connectivity index (χ4v) is 5.05. The molecule has 2 aliphatic rings. The minimum atomic E-state index is -3.41. The number of ether oxygens (including phenoxy) is 1. The van der Waals surface area contributed by atoms with E-state index in [1.54, 1.807) is 28.8 Å². The quantitative estimate of drug-likeness (QED) is 0.761. The number of aromatic nitrogens is 2. The summed E-state index contributed by atoms with van der Waals surface area (Å²) in [4.78, 5) is 8.88. The second-order valence-electron chi connectivity index (χ2n) is 7.53. The fourth-order valence-electron chi connectivity index (χ4n) is 3.48. The van der Waals surface area contributed by atoms with Crippen LogP contribution >= 0.6 is 0 Å². The maximum atomic E-state index is 12.8. The van der Waals surface area contributed by atoms with E-state index in [2.05, 4.69) is 9.97 Å². The lowest BCUT2D eigenvalue weighted by Gasteiger charge is -2.31. The molecule has 1 aliphatic carbocycles. The Morgan fingerprint density at radius 3 is 2.59 bits per heavy atom. The predicted molar refractivity (Wildman–Crippen MR) is 102 cm³/mol. The minimum absolute atomic E-state index is 0.341. The van der Waals surface area contributed by atoms with Gasteiger partial charge in [0.2, 0.25) is 15.9 Å². The molecule has 27 heavy (non-hydrogen) atoms. The van der Waals surface area contributed by atoms with E-state index >= 15 is 0 Å². The third-order valence-corrected chi connectivity index (χ3v) is 7.22. The maximum Gasteiger partial charge on any atom is 0.243 e. The number of hydrogen-bond acceptors (Lipinski definition) is 5. The van der Waals surface area contributed by atoms with E-state index in [4.69, 9.17) is 4.74 Å². The van der Waals surface area contributed by atoms with Crippen molar-refractivity contribution in [1.82, 2.24) is 14.3 Å². The smallest absolute Gasteiger partial charge is 0.243 e. The summed E-state index contributed by atoms with van der Waals surface area (Å²) in [6.07, 6.45) is 5.56. The van der Waals surface area contributed by atoms with E-state index in [0.29, 0.717) is 42.3 Å². The second-order valence-corrected chi connectivity index (χ2v) is 9.47. The maximum absolute atomic E-state index is 12.8. The molecule has 0 spiro atoms. The van der Waals surface area contributed by atoms with E-state index in [0.717, 1.165) is 24.1 Å². The fraction of sp³-hybridized carbons (Fsp3) is 0.500. The molecular weight excluding hydrogens is 362 g/mol. The van der Waals surface area contributed by atoms with Crippen LogP contribution in [0.4, 0.5) is 0 Å². The zero-order valence-electron chi connectivity index (χ0n) is 15.5. The first kappa shape index (κ1) is 18.4. The van der Waals surface area contributed by atoms with Crippen LogP contribution in [0, 0.1) is 12.8 Å². The van der Waals surface area contributed by atoms with E-state index in [9.17, 15) is 8.42 Å². The summed E-state index contributed by atoms with van der Waals surface area (Å²) in [5.41, 5.74) is 2.02. The van der Waals surface area contributed by atoms with Crippen LogP contribution < -0.4 is 4.74 Å². The third kappa shape index (κ3) is 4.30. The van der Waals surface area contributed by atoms with Crippen molar-refractivity contribution >= 4 is 10.0 Å². The highest BCUT2D eigenvalue weighted by molar-refractivity contribution is 7.89. The summed E-state index contributed by atoms with van der Waals surface area (Å²) in [6, 6.07) is 9.04. The summed E-state index contributed by atoms with van der Waals surface area (Å²) < 4.78 is 33.1. The molecule has 0 amide bonds. The normalized spacial score (nSPS) is 19.1. The summed E-state index contributed by atoms with van der Waals surface area (Å²) in [5.74, 6) is 1.54. The number of piperidine rings is 1. The van der Waals surface area contributed by atoms with Crippen LogP contribution in [-0.4, -0.2) is 42.4 Å². The molecule has 0 radical (unpaired) electrons. The van der Waals surface area contributed by atoms with Crippen molar-refractivity contribution in [2.24, 2.45) is 5.92 Å². The Balaban J connectivity index is 1.32. The van der Waals surface area contributed by atoms with Crippen molar-refractivity contribution in [1.29, 1.82) is 0 Å². The van der Waals surface area contributed by atoms with E-state index < -0.39 is 10.0 Å². The summed E-state index contributed by atoms with van der Waals surface area (Å²) in [5, 5.41) is 0. The predicted octanol–water partition coefficient (Wildman–Crippen LogP) is 3.14. The van der Waals surface area contributed by atoms with Gasteiger partial charge in [0.1, 0.15) is 6.33 Å². The molecule has 7 heteroatoms. The summed E-state index contributed by atoms with van der Waals surface area (Å²) >= 11 is 0. The molecule has 2 aromatic rings. The summed E-state index contributed by atoms with van der Waals surface area (Å²) in [6.45, 7) is 3.53. The topological polar surface area (TPSA) is 72.4 Å². The third-order valence-electron chi connectivity index (χ3n) is 5.33. The molecule has 1 aromatic carbocycles. The molecule has 0 atom stereocenters. The van der Waals surface area contributed by atoms with E-state index in [1.807, 2.05) is 19.1 Å². The van der Waals surface area contributed by atoms with E-state index in [1.165, 1.54) is 12.8 Å². The molecule has 6 nitrogen and oxygen atoms in total. The van der Waals surface area contributed by atoms with Gasteiger partial charge in [-0.1, -0.05) is 12.1 Å². The monoisotopic (exact) mass is 387 g/mol. The molecular formula is C20H25N3O3S. The number of nitrogens with zero attached hydrogens (tertiary/aromatic N) is 3. The first-order valence-electron chi connectivity index (χ1n) is 9.54. The molecule has 0 unspecified atom stereocenters. The number of benzene rings is 1. The highest BCUT2D eigenvalue weighted by Crippen LogP contribution is 2.39. The lowest BCUT2D eigenvalue weighted by molar-refractivity contribution is 0.180. The SMILES string of the molecule is Cc1cccc(S(=O)(=O)N2CCC(COc3cc(C4CC4)ncn3)CC2)c1. The van der Waals surface area contributed by atoms with Gasteiger partial charge in [-0.3, -0.25) is 0 Å². The van der Waals surface area contributed by atoms with Crippen LogP contribution in [0.2, 0.25) is 0 Å². The molecule has 2 heterocycles. The average molecular weight is 388 g/mol. The molecule has 4 rings (SSSR count). The Morgan fingerprint density at radius 2 is 1.89 bits per heavy atom. The lowest BCUT2D eigenvalue weighted by atomic mass is 9.99. The number of rotatable bonds is 6. The highest BCUT2D eigenvalue weighted by Gasteiger charge is 2.30. The van der Waals surface area contributed by atoms with Gasteiger partial charge in [-0.05, 0) is 56.2 Å². The average Bonchev–Trinajstić information content (AvgIpc) is 3.52. The van der Waals surface area contributed by atoms with Gasteiger partial charge >= 0.3 is 0 Å². The molecule has 2 fully saturated rings. The van der Waals surface area contributed by atoms with Crippen LogP contribution in [-0.2, 0) is 10.0 Å². The molecule has 144 valence electrons. The lowest BCUT2D eigenvalue weighted by Crippen LogP contribution is -2.39. The van der Waals surface area contributed by atoms with Crippen molar-refractivity contribution in [3.05, 3.63) is 47.9 Å². The zero-order chi connectivity index (χ0) is 18.9. The van der Waals surface area contributed by atoms with E-state index in [-0.39, 0.29) is 0 Å². The number of sulfonamides is 1. The van der Waals surface area contributed by atoms with Crippen molar-refractivity contribution < 1.29 is 13.2 Å². The van der Waals surface area contributed by atoms with Crippen molar-refractivity contribution in [2.45, 2.75) is 43.4 Å². The van der Waals surface area contributed by atoms with Crippen LogP contribution in [0.25, 0.3) is 0 Å². The second kappa shape index (κ2) is 7.56. The molecule has 1 saturated carbocycles. The van der Waals surface area contributed by atoms with Gasteiger partial charge in [-0.2, -0.15) is 4.31 Å². The van der Waals surface area contributed by atoms with Gasteiger partial charge in [0, 0.05) is 25.1 Å². The van der Waals surface area contributed by atoms with Crippen molar-refractivity contribution in [3.63, 3.8) is 0 Å². The van der Waals surface area contributed by atoms with Crippen LogP contribution in [0.5, 0.6) is 5.88 Å². The van der Waals surface area contributed by atoms with Crippen LogP contribution in [0.1, 0.15) is 42.9 Å². The molecule has 0 bridgehead atoms. The van der Waals surface area contributed by atoms with Crippen molar-refractivity contribution in [3.8, 4) is 5.88 Å². The van der Waals surface area contributed by atoms with Crippen LogP contribution in [0.3, 0.4) is 0 Å². The van der Waals surface area contributed by atoms with Gasteiger partial charge in [-0.25, -0.2) is 18.4 Å². The Kier molecular flexibility index (Phi) is 5.14. The number of hydrogen-bond donors (Lipinski definition) is 0. The van der Waals surface area contributed by atoms with Crippen LogP contribution in [0.15, 0.2) is 41.6 Å². The minimum Gasteiger partial charge on any atom is -0.477 e. The Bertz CT molecular complexity index is 904. The van der Waals surface area contributed by atoms with Gasteiger partial charge in [0.05, 0.1) is 17.2 Å². The molecule has 0 N–H and O–H groups in total. The first-order chi connectivity index (χ1) is 13.0.